The Bertz CT molecular complexity index is 471. The minimum absolute atomic E-state index is 0.302. The van der Waals surface area contributed by atoms with Crippen molar-refractivity contribution in [2.75, 3.05) is 6.54 Å². The van der Waals surface area contributed by atoms with Crippen LogP contribution in [0.3, 0.4) is 0 Å². The van der Waals surface area contributed by atoms with Crippen molar-refractivity contribution in [2.45, 2.75) is 4.90 Å². The topological polar surface area (TPSA) is 83.5 Å². The first-order valence-electron chi connectivity index (χ1n) is 3.89. The van der Waals surface area contributed by atoms with E-state index in [2.05, 4.69) is 0 Å². The molecule has 1 aromatic carbocycles. The normalized spacial score (nSPS) is 11.3. The van der Waals surface area contributed by atoms with Gasteiger partial charge in [0.2, 0.25) is 10.0 Å². The summed E-state index contributed by atoms with van der Waals surface area (Å²) >= 11 is 0. The predicted octanol–water partition coefficient (Wildman–Crippen LogP) is 0.189. The van der Waals surface area contributed by atoms with Gasteiger partial charge in [0.1, 0.15) is 12.4 Å². The standard InChI is InChI=1S/C8H8FNO4S/c9-6-2-1-3-7(4-6)15(13,14)10-5-8(11)12/h1-4,10H,5H2,(H,11,12). The number of halogens is 1. The zero-order valence-electron chi connectivity index (χ0n) is 7.47. The molecule has 7 heteroatoms. The second kappa shape index (κ2) is 4.37. The Morgan fingerprint density at radius 3 is 2.67 bits per heavy atom. The molecule has 0 aromatic heterocycles. The average Bonchev–Trinajstić information content (AvgIpc) is 2.15. The van der Waals surface area contributed by atoms with Crippen LogP contribution in [0.2, 0.25) is 0 Å². The molecular formula is C8H8FNO4S. The van der Waals surface area contributed by atoms with Crippen LogP contribution in [0.1, 0.15) is 0 Å². The summed E-state index contributed by atoms with van der Waals surface area (Å²) in [6.45, 7) is -0.737. The number of sulfonamides is 1. The van der Waals surface area contributed by atoms with E-state index in [-0.39, 0.29) is 4.90 Å². The molecule has 1 rings (SSSR count). The van der Waals surface area contributed by atoms with E-state index in [0.717, 1.165) is 12.1 Å². The summed E-state index contributed by atoms with van der Waals surface area (Å²) in [5, 5.41) is 8.28. The monoisotopic (exact) mass is 233 g/mol. The summed E-state index contributed by atoms with van der Waals surface area (Å²) in [7, 11) is -3.95. The smallest absolute Gasteiger partial charge is 0.318 e. The molecule has 0 bridgehead atoms. The highest BCUT2D eigenvalue weighted by Gasteiger charge is 2.15. The molecule has 15 heavy (non-hydrogen) atoms. The third-order valence-corrected chi connectivity index (χ3v) is 2.92. The van der Waals surface area contributed by atoms with Crippen LogP contribution >= 0.6 is 0 Å². The van der Waals surface area contributed by atoms with Gasteiger partial charge in [0.05, 0.1) is 4.90 Å². The van der Waals surface area contributed by atoms with Crippen molar-refractivity contribution >= 4 is 16.0 Å². The van der Waals surface area contributed by atoms with E-state index in [1.807, 2.05) is 4.72 Å². The van der Waals surface area contributed by atoms with E-state index in [0.29, 0.717) is 0 Å². The van der Waals surface area contributed by atoms with Crippen LogP contribution in [-0.4, -0.2) is 26.0 Å². The van der Waals surface area contributed by atoms with E-state index < -0.39 is 28.4 Å². The maximum Gasteiger partial charge on any atom is 0.318 e. The first kappa shape index (κ1) is 11.6. The zero-order chi connectivity index (χ0) is 11.5. The van der Waals surface area contributed by atoms with Gasteiger partial charge in [-0.25, -0.2) is 12.8 Å². The first-order chi connectivity index (χ1) is 6.92. The Morgan fingerprint density at radius 2 is 2.13 bits per heavy atom. The lowest BCUT2D eigenvalue weighted by Gasteiger charge is -2.03. The van der Waals surface area contributed by atoms with Gasteiger partial charge in [-0.3, -0.25) is 4.79 Å². The van der Waals surface area contributed by atoms with Crippen LogP contribution in [0, 0.1) is 5.82 Å². The van der Waals surface area contributed by atoms with Gasteiger partial charge in [0.15, 0.2) is 0 Å². The number of benzene rings is 1. The van der Waals surface area contributed by atoms with E-state index in [1.165, 1.54) is 12.1 Å². The second-order valence-electron chi connectivity index (χ2n) is 2.68. The van der Waals surface area contributed by atoms with Crippen molar-refractivity contribution in [3.8, 4) is 0 Å². The lowest BCUT2D eigenvalue weighted by atomic mass is 10.4. The number of hydrogen-bond donors (Lipinski definition) is 2. The van der Waals surface area contributed by atoms with Crippen molar-refractivity contribution in [1.82, 2.24) is 4.72 Å². The molecule has 0 fully saturated rings. The molecule has 1 aromatic rings. The molecule has 2 N–H and O–H groups in total. The van der Waals surface area contributed by atoms with Crippen LogP contribution in [0.5, 0.6) is 0 Å². The third-order valence-electron chi connectivity index (χ3n) is 1.52. The van der Waals surface area contributed by atoms with Crippen molar-refractivity contribution < 1.29 is 22.7 Å². The lowest BCUT2D eigenvalue weighted by molar-refractivity contribution is -0.135. The second-order valence-corrected chi connectivity index (χ2v) is 4.44. The highest BCUT2D eigenvalue weighted by Crippen LogP contribution is 2.09. The molecule has 0 spiro atoms. The number of carbonyl (C=O) groups is 1. The molecule has 0 atom stereocenters. The minimum Gasteiger partial charge on any atom is -0.480 e. The Labute approximate surface area is 85.6 Å². The molecule has 0 radical (unpaired) electrons. The zero-order valence-corrected chi connectivity index (χ0v) is 8.29. The van der Waals surface area contributed by atoms with Crippen LogP contribution in [0.4, 0.5) is 4.39 Å². The molecule has 0 unspecified atom stereocenters. The summed E-state index contributed by atoms with van der Waals surface area (Å²) in [5.74, 6) is -2.01. The highest BCUT2D eigenvalue weighted by molar-refractivity contribution is 7.89. The van der Waals surface area contributed by atoms with Crippen molar-refractivity contribution in [3.05, 3.63) is 30.1 Å². The van der Waals surface area contributed by atoms with Crippen LogP contribution in [0.25, 0.3) is 0 Å². The Balaban J connectivity index is 2.91. The molecular weight excluding hydrogens is 225 g/mol. The van der Waals surface area contributed by atoms with Crippen molar-refractivity contribution in [3.63, 3.8) is 0 Å². The van der Waals surface area contributed by atoms with Crippen molar-refractivity contribution in [1.29, 1.82) is 0 Å². The number of nitrogens with one attached hydrogen (secondary N) is 1. The quantitative estimate of drug-likeness (QED) is 0.777. The van der Waals surface area contributed by atoms with Crippen LogP contribution in [0.15, 0.2) is 29.2 Å². The summed E-state index contributed by atoms with van der Waals surface area (Å²) in [6, 6.07) is 4.30. The van der Waals surface area contributed by atoms with Gasteiger partial charge in [-0.2, -0.15) is 4.72 Å². The van der Waals surface area contributed by atoms with Gasteiger partial charge < -0.3 is 5.11 Å². The minimum atomic E-state index is -3.95. The number of hydrogen-bond acceptors (Lipinski definition) is 3. The fraction of sp³-hybridized carbons (Fsp3) is 0.125. The summed E-state index contributed by atoms with van der Waals surface area (Å²) < 4.78 is 37.2. The molecule has 0 aliphatic heterocycles. The Kier molecular flexibility index (Phi) is 3.38. The maximum atomic E-state index is 12.7. The van der Waals surface area contributed by atoms with E-state index in [4.69, 9.17) is 5.11 Å². The number of carboxylic acid groups (broad SMARTS) is 1. The van der Waals surface area contributed by atoms with Gasteiger partial charge in [-0.1, -0.05) is 6.07 Å². The number of carboxylic acids is 1. The summed E-state index contributed by atoms with van der Waals surface area (Å²) in [5.41, 5.74) is 0. The highest BCUT2D eigenvalue weighted by atomic mass is 32.2. The van der Waals surface area contributed by atoms with Crippen molar-refractivity contribution in [2.24, 2.45) is 0 Å². The lowest BCUT2D eigenvalue weighted by Crippen LogP contribution is -2.29. The molecule has 0 aliphatic rings. The summed E-state index contributed by atoms with van der Waals surface area (Å²) in [4.78, 5) is 9.84. The van der Waals surface area contributed by atoms with E-state index >= 15 is 0 Å². The molecule has 0 amide bonds. The van der Waals surface area contributed by atoms with Gasteiger partial charge >= 0.3 is 5.97 Å². The maximum absolute atomic E-state index is 12.7. The predicted molar refractivity (Wildman–Crippen MR) is 49.2 cm³/mol. The van der Waals surface area contributed by atoms with Gasteiger partial charge in [-0.05, 0) is 18.2 Å². The molecule has 0 saturated carbocycles. The van der Waals surface area contributed by atoms with Gasteiger partial charge in [0.25, 0.3) is 0 Å². The molecule has 0 heterocycles. The molecule has 82 valence electrons. The summed E-state index contributed by atoms with van der Waals surface area (Å²) in [6.07, 6.45) is 0. The fourth-order valence-corrected chi connectivity index (χ4v) is 1.88. The third kappa shape index (κ3) is 3.30. The first-order valence-corrected chi connectivity index (χ1v) is 5.37. The van der Waals surface area contributed by atoms with E-state index in [9.17, 15) is 17.6 Å². The average molecular weight is 233 g/mol. The van der Waals surface area contributed by atoms with Crippen LogP contribution < -0.4 is 4.72 Å². The fourth-order valence-electron chi connectivity index (χ4n) is 0.874. The number of rotatable bonds is 4. The van der Waals surface area contributed by atoms with Crippen LogP contribution in [-0.2, 0) is 14.8 Å². The SMILES string of the molecule is O=C(O)CNS(=O)(=O)c1cccc(F)c1. The Morgan fingerprint density at radius 1 is 1.47 bits per heavy atom. The largest absolute Gasteiger partial charge is 0.480 e. The number of aliphatic carboxylic acids is 1. The van der Waals surface area contributed by atoms with Gasteiger partial charge in [-0.15, -0.1) is 0 Å². The Hall–Kier alpha value is -1.47. The molecule has 0 saturated heterocycles. The molecule has 0 aliphatic carbocycles. The molecule has 5 nitrogen and oxygen atoms in total. The van der Waals surface area contributed by atoms with Gasteiger partial charge in [0, 0.05) is 0 Å². The van der Waals surface area contributed by atoms with E-state index in [1.54, 1.807) is 0 Å².